The summed E-state index contributed by atoms with van der Waals surface area (Å²) in [5.41, 5.74) is 6.01. The van der Waals surface area contributed by atoms with Crippen molar-refractivity contribution in [1.82, 2.24) is 0 Å². The minimum Gasteiger partial charge on any atom is -0.327 e. The van der Waals surface area contributed by atoms with E-state index in [2.05, 4.69) is 20.4 Å². The van der Waals surface area contributed by atoms with Gasteiger partial charge in [-0.3, -0.25) is 0 Å². The molecule has 0 fully saturated rings. The summed E-state index contributed by atoms with van der Waals surface area (Å²) in [7, 11) is 0. The predicted octanol–water partition coefficient (Wildman–Crippen LogP) is 2.92. The third-order valence-electron chi connectivity index (χ3n) is 2.34. The highest BCUT2D eigenvalue weighted by molar-refractivity contribution is 4.80. The molecule has 1 radical (unpaired) electrons. The summed E-state index contributed by atoms with van der Waals surface area (Å²) >= 11 is 0. The second-order valence-corrected chi connectivity index (χ2v) is 3.38. The SMILES string of the molecule is [CH2]CC(CC=C)C(N)CCCC. The fourth-order valence-electron chi connectivity index (χ4n) is 1.40. The van der Waals surface area contributed by atoms with Crippen LogP contribution in [0.5, 0.6) is 0 Å². The molecule has 0 saturated carbocycles. The molecule has 0 aliphatic heterocycles. The van der Waals surface area contributed by atoms with Crippen molar-refractivity contribution in [3.63, 3.8) is 0 Å². The maximum Gasteiger partial charge on any atom is 0.00701 e. The van der Waals surface area contributed by atoms with E-state index in [0.29, 0.717) is 12.0 Å². The van der Waals surface area contributed by atoms with E-state index in [1.165, 1.54) is 12.8 Å². The van der Waals surface area contributed by atoms with Crippen LogP contribution in [0.25, 0.3) is 0 Å². The Morgan fingerprint density at radius 1 is 1.50 bits per heavy atom. The van der Waals surface area contributed by atoms with Gasteiger partial charge >= 0.3 is 0 Å². The molecule has 0 rings (SSSR count). The summed E-state index contributed by atoms with van der Waals surface area (Å²) in [6.45, 7) is 9.83. The monoisotopic (exact) mass is 168 g/mol. The number of nitrogens with two attached hydrogens (primary N) is 1. The molecule has 0 spiro atoms. The first-order valence-electron chi connectivity index (χ1n) is 4.92. The van der Waals surface area contributed by atoms with Gasteiger partial charge in [0.25, 0.3) is 0 Å². The fourth-order valence-corrected chi connectivity index (χ4v) is 1.40. The van der Waals surface area contributed by atoms with E-state index in [1.54, 1.807) is 0 Å². The average molecular weight is 168 g/mol. The highest BCUT2D eigenvalue weighted by atomic mass is 14.6. The van der Waals surface area contributed by atoms with Gasteiger partial charge in [0.1, 0.15) is 0 Å². The first-order chi connectivity index (χ1) is 5.76. The van der Waals surface area contributed by atoms with Crippen LogP contribution in [0.15, 0.2) is 12.7 Å². The predicted molar refractivity (Wildman–Crippen MR) is 55.8 cm³/mol. The Morgan fingerprint density at radius 3 is 2.58 bits per heavy atom. The third kappa shape index (κ3) is 4.55. The lowest BCUT2D eigenvalue weighted by molar-refractivity contribution is 0.396. The Labute approximate surface area is 77.0 Å². The van der Waals surface area contributed by atoms with Crippen molar-refractivity contribution in [3.8, 4) is 0 Å². The quantitative estimate of drug-likeness (QED) is 0.581. The van der Waals surface area contributed by atoms with Crippen LogP contribution < -0.4 is 5.73 Å². The van der Waals surface area contributed by atoms with Gasteiger partial charge in [-0.25, -0.2) is 0 Å². The van der Waals surface area contributed by atoms with Gasteiger partial charge in [-0.2, -0.15) is 0 Å². The zero-order valence-corrected chi connectivity index (χ0v) is 8.26. The van der Waals surface area contributed by atoms with Gasteiger partial charge in [0.15, 0.2) is 0 Å². The zero-order chi connectivity index (χ0) is 9.40. The Hall–Kier alpha value is -0.300. The molecule has 0 aliphatic rings. The van der Waals surface area contributed by atoms with Crippen molar-refractivity contribution in [3.05, 3.63) is 19.6 Å². The zero-order valence-electron chi connectivity index (χ0n) is 8.26. The number of hydrogen-bond acceptors (Lipinski definition) is 1. The van der Waals surface area contributed by atoms with E-state index in [4.69, 9.17) is 5.73 Å². The van der Waals surface area contributed by atoms with Crippen molar-refractivity contribution in [2.24, 2.45) is 11.7 Å². The highest BCUT2D eigenvalue weighted by Crippen LogP contribution is 2.16. The summed E-state index contributed by atoms with van der Waals surface area (Å²) in [5, 5.41) is 0. The summed E-state index contributed by atoms with van der Waals surface area (Å²) in [6.07, 6.45) is 7.47. The smallest absolute Gasteiger partial charge is 0.00701 e. The molecular weight excluding hydrogens is 146 g/mol. The highest BCUT2D eigenvalue weighted by Gasteiger charge is 2.13. The molecule has 1 heteroatoms. The molecular formula is C11H22N. The first kappa shape index (κ1) is 11.7. The lowest BCUT2D eigenvalue weighted by atomic mass is 9.91. The van der Waals surface area contributed by atoms with E-state index >= 15 is 0 Å². The largest absolute Gasteiger partial charge is 0.327 e. The Kier molecular flexibility index (Phi) is 7.17. The normalized spacial score (nSPS) is 15.6. The first-order valence-corrected chi connectivity index (χ1v) is 4.92. The molecule has 0 heterocycles. The van der Waals surface area contributed by atoms with Crippen LogP contribution in [0.4, 0.5) is 0 Å². The lowest BCUT2D eigenvalue weighted by Crippen LogP contribution is -2.29. The van der Waals surface area contributed by atoms with Gasteiger partial charge in [0, 0.05) is 6.04 Å². The maximum absolute atomic E-state index is 6.01. The summed E-state index contributed by atoms with van der Waals surface area (Å²) in [5.74, 6) is 0.536. The van der Waals surface area contributed by atoms with Crippen LogP contribution in [0, 0.1) is 12.8 Å². The molecule has 0 aliphatic carbocycles. The van der Waals surface area contributed by atoms with E-state index in [1.807, 2.05) is 6.08 Å². The van der Waals surface area contributed by atoms with Crippen LogP contribution in [-0.4, -0.2) is 6.04 Å². The maximum atomic E-state index is 6.01. The van der Waals surface area contributed by atoms with Gasteiger partial charge in [0.2, 0.25) is 0 Å². The molecule has 0 aromatic carbocycles. The number of rotatable bonds is 7. The molecule has 2 N–H and O–H groups in total. The van der Waals surface area contributed by atoms with Crippen LogP contribution in [0.3, 0.4) is 0 Å². The Bertz CT molecular complexity index is 110. The number of hydrogen-bond donors (Lipinski definition) is 1. The number of unbranched alkanes of at least 4 members (excludes halogenated alkanes) is 1. The van der Waals surface area contributed by atoms with Crippen LogP contribution in [0.1, 0.15) is 39.0 Å². The molecule has 0 aromatic heterocycles. The van der Waals surface area contributed by atoms with E-state index in [-0.39, 0.29) is 0 Å². The van der Waals surface area contributed by atoms with Gasteiger partial charge < -0.3 is 5.73 Å². The second kappa shape index (κ2) is 7.35. The average Bonchev–Trinajstić information content (AvgIpc) is 2.10. The molecule has 12 heavy (non-hydrogen) atoms. The Balaban J connectivity index is 3.67. The van der Waals surface area contributed by atoms with Crippen molar-refractivity contribution < 1.29 is 0 Å². The van der Waals surface area contributed by atoms with Crippen molar-refractivity contribution in [2.45, 2.75) is 45.1 Å². The van der Waals surface area contributed by atoms with Gasteiger partial charge in [-0.05, 0) is 25.2 Å². The topological polar surface area (TPSA) is 26.0 Å². The van der Waals surface area contributed by atoms with Crippen molar-refractivity contribution >= 4 is 0 Å². The number of allylic oxidation sites excluding steroid dienone is 1. The molecule has 2 unspecified atom stereocenters. The molecule has 1 nitrogen and oxygen atoms in total. The molecule has 0 aromatic rings. The van der Waals surface area contributed by atoms with Crippen molar-refractivity contribution in [1.29, 1.82) is 0 Å². The van der Waals surface area contributed by atoms with E-state index in [0.717, 1.165) is 19.3 Å². The van der Waals surface area contributed by atoms with E-state index in [9.17, 15) is 0 Å². The molecule has 0 bridgehead atoms. The van der Waals surface area contributed by atoms with E-state index < -0.39 is 0 Å². The second-order valence-electron chi connectivity index (χ2n) is 3.38. The fraction of sp³-hybridized carbons (Fsp3) is 0.727. The minimum absolute atomic E-state index is 0.320. The standard InChI is InChI=1S/C11H22N/c1-4-7-9-11(12)10(6-3)8-5-2/h5,10-11H,2-4,6-9,12H2,1H3. The Morgan fingerprint density at radius 2 is 2.17 bits per heavy atom. The summed E-state index contributed by atoms with van der Waals surface area (Å²) < 4.78 is 0. The molecule has 2 atom stereocenters. The summed E-state index contributed by atoms with van der Waals surface area (Å²) in [6, 6.07) is 0.320. The molecule has 0 saturated heterocycles. The molecule has 0 amide bonds. The summed E-state index contributed by atoms with van der Waals surface area (Å²) in [4.78, 5) is 0. The van der Waals surface area contributed by atoms with Gasteiger partial charge in [-0.1, -0.05) is 32.8 Å². The minimum atomic E-state index is 0.320. The van der Waals surface area contributed by atoms with Gasteiger partial charge in [-0.15, -0.1) is 6.58 Å². The third-order valence-corrected chi connectivity index (χ3v) is 2.34. The van der Waals surface area contributed by atoms with Crippen molar-refractivity contribution in [2.75, 3.05) is 0 Å². The van der Waals surface area contributed by atoms with Crippen LogP contribution in [0.2, 0.25) is 0 Å². The van der Waals surface area contributed by atoms with Crippen LogP contribution in [-0.2, 0) is 0 Å². The lowest BCUT2D eigenvalue weighted by Gasteiger charge is -2.20. The molecule has 71 valence electrons. The van der Waals surface area contributed by atoms with Crippen LogP contribution >= 0.6 is 0 Å². The van der Waals surface area contributed by atoms with Gasteiger partial charge in [0.05, 0.1) is 0 Å².